The van der Waals surface area contributed by atoms with Crippen LogP contribution in [0.3, 0.4) is 0 Å². The van der Waals surface area contributed by atoms with Crippen molar-refractivity contribution in [2.45, 2.75) is 17.5 Å². The number of hydrogen-bond donors (Lipinski definition) is 1. The van der Waals surface area contributed by atoms with E-state index in [1.807, 2.05) is 60.7 Å². The van der Waals surface area contributed by atoms with Gasteiger partial charge in [0.15, 0.2) is 0 Å². The van der Waals surface area contributed by atoms with Crippen molar-refractivity contribution in [2.75, 3.05) is 6.54 Å². The van der Waals surface area contributed by atoms with Gasteiger partial charge in [-0.25, -0.2) is 12.8 Å². The molecule has 0 saturated carbocycles. The Kier molecular flexibility index (Phi) is 7.70. The molecule has 7 heteroatoms. The van der Waals surface area contributed by atoms with E-state index in [9.17, 15) is 17.6 Å². The average molecular weight is 489 g/mol. The number of rotatable bonds is 9. The van der Waals surface area contributed by atoms with Crippen molar-refractivity contribution in [1.82, 2.24) is 9.62 Å². The van der Waals surface area contributed by atoms with Crippen molar-refractivity contribution >= 4 is 15.9 Å². The lowest BCUT2D eigenvalue weighted by Gasteiger charge is -2.25. The van der Waals surface area contributed by atoms with Crippen LogP contribution in [0, 0.1) is 5.82 Å². The van der Waals surface area contributed by atoms with E-state index < -0.39 is 34.3 Å². The number of nitrogens with zero attached hydrogens (tertiary/aromatic N) is 1. The third-order valence-electron chi connectivity index (χ3n) is 5.54. The molecule has 35 heavy (non-hydrogen) atoms. The number of nitrogens with one attached hydrogen (secondary N) is 1. The van der Waals surface area contributed by atoms with Gasteiger partial charge < -0.3 is 5.32 Å². The van der Waals surface area contributed by atoms with Gasteiger partial charge in [0.25, 0.3) is 0 Å². The second-order valence-corrected chi connectivity index (χ2v) is 9.97. The van der Waals surface area contributed by atoms with E-state index >= 15 is 0 Å². The molecular weight excluding hydrogens is 463 g/mol. The molecule has 0 atom stereocenters. The van der Waals surface area contributed by atoms with Crippen molar-refractivity contribution in [3.05, 3.63) is 138 Å². The summed E-state index contributed by atoms with van der Waals surface area (Å²) in [6.45, 7) is -0.475. The number of hydrogen-bond acceptors (Lipinski definition) is 3. The highest BCUT2D eigenvalue weighted by atomic mass is 32.2. The maximum atomic E-state index is 13.4. The topological polar surface area (TPSA) is 66.5 Å². The van der Waals surface area contributed by atoms with Gasteiger partial charge in [0, 0.05) is 6.54 Å². The SMILES string of the molecule is O=C(CN(Cc1ccc(F)cc1)S(=O)(=O)c1ccccc1)NC(c1ccccc1)c1ccccc1. The average Bonchev–Trinajstić information content (AvgIpc) is 2.89. The van der Waals surface area contributed by atoms with Crippen LogP contribution in [0.5, 0.6) is 0 Å². The Morgan fingerprint density at radius 3 is 1.74 bits per heavy atom. The normalized spacial score (nSPS) is 11.5. The van der Waals surface area contributed by atoms with Crippen molar-refractivity contribution in [3.8, 4) is 0 Å². The van der Waals surface area contributed by atoms with Gasteiger partial charge in [0.05, 0.1) is 17.5 Å². The molecule has 1 N–H and O–H groups in total. The third-order valence-corrected chi connectivity index (χ3v) is 7.35. The second-order valence-electron chi connectivity index (χ2n) is 8.03. The molecule has 4 aromatic rings. The Hall–Kier alpha value is -3.81. The molecule has 4 aromatic carbocycles. The van der Waals surface area contributed by atoms with E-state index in [-0.39, 0.29) is 11.4 Å². The molecule has 0 radical (unpaired) electrons. The highest BCUT2D eigenvalue weighted by Gasteiger charge is 2.28. The standard InChI is InChI=1S/C28H25FN2O3S/c29-25-18-16-22(17-19-25)20-31(35(33,34)26-14-8-3-9-15-26)21-27(32)30-28(23-10-4-1-5-11-23)24-12-6-2-7-13-24/h1-19,28H,20-21H2,(H,30,32). The van der Waals surface area contributed by atoms with Crippen LogP contribution in [-0.4, -0.2) is 25.2 Å². The van der Waals surface area contributed by atoms with Crippen LogP contribution in [0.4, 0.5) is 4.39 Å². The maximum Gasteiger partial charge on any atom is 0.243 e. The van der Waals surface area contributed by atoms with Gasteiger partial charge in [-0.3, -0.25) is 4.79 Å². The van der Waals surface area contributed by atoms with E-state index in [4.69, 9.17) is 0 Å². The molecule has 0 aromatic heterocycles. The molecule has 0 heterocycles. The summed E-state index contributed by atoms with van der Waals surface area (Å²) < 4.78 is 41.4. The minimum Gasteiger partial charge on any atom is -0.344 e. The molecule has 178 valence electrons. The zero-order valence-electron chi connectivity index (χ0n) is 18.9. The van der Waals surface area contributed by atoms with Crippen LogP contribution in [0.2, 0.25) is 0 Å². The molecule has 0 aliphatic carbocycles. The number of benzene rings is 4. The van der Waals surface area contributed by atoms with Gasteiger partial charge in [-0.15, -0.1) is 0 Å². The van der Waals surface area contributed by atoms with Crippen LogP contribution >= 0.6 is 0 Å². The number of halogens is 1. The van der Waals surface area contributed by atoms with Crippen LogP contribution < -0.4 is 5.32 Å². The predicted molar refractivity (Wildman–Crippen MR) is 133 cm³/mol. The summed E-state index contributed by atoms with van der Waals surface area (Å²) >= 11 is 0. The van der Waals surface area contributed by atoms with Crippen LogP contribution in [-0.2, 0) is 21.4 Å². The maximum absolute atomic E-state index is 13.4. The van der Waals surface area contributed by atoms with E-state index in [1.54, 1.807) is 18.2 Å². The first-order chi connectivity index (χ1) is 16.9. The number of amides is 1. The van der Waals surface area contributed by atoms with Gasteiger partial charge in [0.1, 0.15) is 5.82 Å². The predicted octanol–water partition coefficient (Wildman–Crippen LogP) is 4.92. The smallest absolute Gasteiger partial charge is 0.243 e. The summed E-state index contributed by atoms with van der Waals surface area (Å²) in [6, 6.07) is 32.0. The molecular formula is C28H25FN2O3S. The van der Waals surface area contributed by atoms with Gasteiger partial charge >= 0.3 is 0 Å². The lowest BCUT2D eigenvalue weighted by atomic mass is 9.99. The largest absolute Gasteiger partial charge is 0.344 e. The van der Waals surface area contributed by atoms with Crippen molar-refractivity contribution in [1.29, 1.82) is 0 Å². The first-order valence-corrected chi connectivity index (χ1v) is 12.6. The van der Waals surface area contributed by atoms with E-state index in [0.29, 0.717) is 5.56 Å². The highest BCUT2D eigenvalue weighted by molar-refractivity contribution is 7.89. The Morgan fingerprint density at radius 1 is 0.743 bits per heavy atom. The molecule has 0 spiro atoms. The summed E-state index contributed by atoms with van der Waals surface area (Å²) in [5.41, 5.74) is 2.33. The second kappa shape index (κ2) is 11.1. The number of sulfonamides is 1. The Labute approximate surface area is 204 Å². The van der Waals surface area contributed by atoms with Crippen LogP contribution in [0.15, 0.2) is 120 Å². The lowest BCUT2D eigenvalue weighted by molar-refractivity contribution is -0.121. The molecule has 4 rings (SSSR count). The molecule has 0 fully saturated rings. The molecule has 5 nitrogen and oxygen atoms in total. The lowest BCUT2D eigenvalue weighted by Crippen LogP contribution is -2.41. The molecule has 0 aliphatic rings. The molecule has 0 aliphatic heterocycles. The molecule has 0 saturated heterocycles. The first kappa shape index (κ1) is 24.3. The molecule has 0 unspecified atom stereocenters. The van der Waals surface area contributed by atoms with Crippen molar-refractivity contribution in [3.63, 3.8) is 0 Å². The summed E-state index contributed by atoms with van der Waals surface area (Å²) in [6.07, 6.45) is 0. The number of carbonyl (C=O) groups excluding carboxylic acids is 1. The van der Waals surface area contributed by atoms with Gasteiger partial charge in [-0.05, 0) is 41.0 Å². The molecule has 1 amide bonds. The Balaban J connectivity index is 1.62. The van der Waals surface area contributed by atoms with Crippen LogP contribution in [0.25, 0.3) is 0 Å². The first-order valence-electron chi connectivity index (χ1n) is 11.1. The zero-order valence-corrected chi connectivity index (χ0v) is 19.7. The van der Waals surface area contributed by atoms with Gasteiger partial charge in [-0.2, -0.15) is 4.31 Å². The minimum absolute atomic E-state index is 0.0771. The monoisotopic (exact) mass is 488 g/mol. The minimum atomic E-state index is -3.99. The summed E-state index contributed by atoms with van der Waals surface area (Å²) in [5.74, 6) is -0.873. The number of carbonyl (C=O) groups is 1. The third kappa shape index (κ3) is 6.20. The van der Waals surface area contributed by atoms with E-state index in [1.165, 1.54) is 36.4 Å². The summed E-state index contributed by atoms with van der Waals surface area (Å²) in [4.78, 5) is 13.3. The van der Waals surface area contributed by atoms with Gasteiger partial charge in [0.2, 0.25) is 15.9 Å². The zero-order chi connectivity index (χ0) is 24.7. The van der Waals surface area contributed by atoms with Crippen molar-refractivity contribution in [2.24, 2.45) is 0 Å². The fourth-order valence-electron chi connectivity index (χ4n) is 3.78. The van der Waals surface area contributed by atoms with E-state index in [0.717, 1.165) is 15.4 Å². The van der Waals surface area contributed by atoms with Gasteiger partial charge in [-0.1, -0.05) is 91.0 Å². The van der Waals surface area contributed by atoms with Crippen LogP contribution in [0.1, 0.15) is 22.7 Å². The highest BCUT2D eigenvalue weighted by Crippen LogP contribution is 2.23. The summed E-state index contributed by atoms with van der Waals surface area (Å²) in [5, 5.41) is 2.99. The summed E-state index contributed by atoms with van der Waals surface area (Å²) in [7, 11) is -3.99. The fourth-order valence-corrected chi connectivity index (χ4v) is 5.18. The quantitative estimate of drug-likeness (QED) is 0.364. The van der Waals surface area contributed by atoms with Crippen molar-refractivity contribution < 1.29 is 17.6 Å². The Bertz CT molecular complexity index is 1310. The fraction of sp³-hybridized carbons (Fsp3) is 0.107. The van der Waals surface area contributed by atoms with E-state index in [2.05, 4.69) is 5.32 Å². The Morgan fingerprint density at radius 2 is 1.23 bits per heavy atom. The molecule has 0 bridgehead atoms.